The van der Waals surface area contributed by atoms with Crippen molar-refractivity contribution in [1.82, 2.24) is 0 Å². The van der Waals surface area contributed by atoms with Crippen LogP contribution in [0.25, 0.3) is 0 Å². The Morgan fingerprint density at radius 2 is 2.24 bits per heavy atom. The van der Waals surface area contributed by atoms with Crippen LogP contribution >= 0.6 is 11.6 Å². The van der Waals surface area contributed by atoms with Gasteiger partial charge in [-0.1, -0.05) is 11.6 Å². The zero-order valence-corrected chi connectivity index (χ0v) is 10.6. The maximum Gasteiger partial charge on any atom is 0.265 e. The molecule has 1 aliphatic rings. The Bertz CT molecular complexity index is 454. The van der Waals surface area contributed by atoms with Gasteiger partial charge in [-0.05, 0) is 32.0 Å². The summed E-state index contributed by atoms with van der Waals surface area (Å²) in [5, 5.41) is 0.571. The van der Waals surface area contributed by atoms with Gasteiger partial charge < -0.3 is 15.4 Å². The van der Waals surface area contributed by atoms with E-state index >= 15 is 0 Å². The molecule has 2 N–H and O–H groups in total. The molecule has 92 valence electrons. The van der Waals surface area contributed by atoms with Crippen molar-refractivity contribution in [3.63, 3.8) is 0 Å². The van der Waals surface area contributed by atoms with Gasteiger partial charge in [0.05, 0.1) is 5.69 Å². The lowest BCUT2D eigenvalue weighted by Crippen LogP contribution is -2.50. The van der Waals surface area contributed by atoms with Crippen molar-refractivity contribution in [3.8, 4) is 5.75 Å². The molecule has 5 heteroatoms. The van der Waals surface area contributed by atoms with E-state index in [-0.39, 0.29) is 12.5 Å². The summed E-state index contributed by atoms with van der Waals surface area (Å²) in [6, 6.07) is 5.22. The predicted octanol–water partition coefficient (Wildman–Crippen LogP) is 1.80. The highest BCUT2D eigenvalue weighted by molar-refractivity contribution is 6.31. The topological polar surface area (TPSA) is 55.6 Å². The van der Waals surface area contributed by atoms with Crippen LogP contribution in [0, 0.1) is 0 Å². The van der Waals surface area contributed by atoms with E-state index < -0.39 is 5.54 Å². The molecule has 1 heterocycles. The van der Waals surface area contributed by atoms with Crippen LogP contribution in [-0.4, -0.2) is 24.6 Å². The van der Waals surface area contributed by atoms with Crippen molar-refractivity contribution in [2.24, 2.45) is 5.73 Å². The number of hydrogen-bond donors (Lipinski definition) is 1. The van der Waals surface area contributed by atoms with E-state index in [9.17, 15) is 4.79 Å². The smallest absolute Gasteiger partial charge is 0.265 e. The van der Waals surface area contributed by atoms with Gasteiger partial charge >= 0.3 is 0 Å². The molecular weight excluding hydrogens is 240 g/mol. The first-order chi connectivity index (χ1) is 7.87. The van der Waals surface area contributed by atoms with E-state index in [1.807, 2.05) is 13.8 Å². The van der Waals surface area contributed by atoms with E-state index in [1.54, 1.807) is 23.1 Å². The van der Waals surface area contributed by atoms with Gasteiger partial charge in [-0.25, -0.2) is 0 Å². The second-order valence-corrected chi connectivity index (χ2v) is 5.31. The molecule has 1 amide bonds. The van der Waals surface area contributed by atoms with Gasteiger partial charge in [-0.15, -0.1) is 0 Å². The Kier molecular flexibility index (Phi) is 3.02. The van der Waals surface area contributed by atoms with Gasteiger partial charge in [0.15, 0.2) is 6.61 Å². The molecule has 4 nitrogen and oxygen atoms in total. The van der Waals surface area contributed by atoms with Crippen LogP contribution in [0.2, 0.25) is 5.02 Å². The second kappa shape index (κ2) is 4.20. The fourth-order valence-corrected chi connectivity index (χ4v) is 1.92. The molecule has 0 saturated carbocycles. The fourth-order valence-electron chi connectivity index (χ4n) is 1.76. The highest BCUT2D eigenvalue weighted by Gasteiger charge is 2.29. The first kappa shape index (κ1) is 12.2. The summed E-state index contributed by atoms with van der Waals surface area (Å²) in [4.78, 5) is 13.5. The molecule has 0 spiro atoms. The summed E-state index contributed by atoms with van der Waals surface area (Å²) in [5.41, 5.74) is 6.18. The number of fused-ring (bicyclic) bond motifs is 1. The second-order valence-electron chi connectivity index (χ2n) is 4.87. The minimum atomic E-state index is -0.466. The van der Waals surface area contributed by atoms with Crippen molar-refractivity contribution >= 4 is 23.2 Å². The van der Waals surface area contributed by atoms with Crippen molar-refractivity contribution < 1.29 is 9.53 Å². The molecule has 0 unspecified atom stereocenters. The van der Waals surface area contributed by atoms with E-state index in [0.717, 1.165) is 0 Å². The standard InChI is InChI=1S/C12H15ClN2O2/c1-12(2,14)7-15-9-5-8(13)3-4-10(9)17-6-11(15)16/h3-5H,6-7,14H2,1-2H3. The summed E-state index contributed by atoms with van der Waals surface area (Å²) in [6.45, 7) is 4.23. The highest BCUT2D eigenvalue weighted by atomic mass is 35.5. The molecule has 2 rings (SSSR count). The number of amides is 1. The van der Waals surface area contributed by atoms with Crippen molar-refractivity contribution in [2.45, 2.75) is 19.4 Å². The summed E-state index contributed by atoms with van der Waals surface area (Å²) < 4.78 is 5.34. The Morgan fingerprint density at radius 3 is 2.88 bits per heavy atom. The third-order valence-corrected chi connectivity index (χ3v) is 2.66. The quantitative estimate of drug-likeness (QED) is 0.876. The van der Waals surface area contributed by atoms with Crippen LogP contribution in [0.5, 0.6) is 5.75 Å². The van der Waals surface area contributed by atoms with Crippen molar-refractivity contribution in [3.05, 3.63) is 23.2 Å². The fraction of sp³-hybridized carbons (Fsp3) is 0.417. The van der Waals surface area contributed by atoms with Crippen molar-refractivity contribution in [1.29, 1.82) is 0 Å². The average Bonchev–Trinajstić information content (AvgIpc) is 2.21. The van der Waals surface area contributed by atoms with Gasteiger partial charge in [-0.3, -0.25) is 4.79 Å². The largest absolute Gasteiger partial charge is 0.482 e. The molecule has 1 aromatic carbocycles. The SMILES string of the molecule is CC(C)(N)CN1C(=O)COc2ccc(Cl)cc21. The zero-order chi connectivity index (χ0) is 12.6. The Labute approximate surface area is 105 Å². The molecule has 0 aromatic heterocycles. The van der Waals surface area contributed by atoms with E-state index in [1.165, 1.54) is 0 Å². The summed E-state index contributed by atoms with van der Waals surface area (Å²) in [6.07, 6.45) is 0. The summed E-state index contributed by atoms with van der Waals surface area (Å²) in [7, 11) is 0. The number of benzene rings is 1. The van der Waals surface area contributed by atoms with E-state index in [4.69, 9.17) is 22.1 Å². The van der Waals surface area contributed by atoms with Gasteiger partial charge in [0.1, 0.15) is 5.75 Å². The summed E-state index contributed by atoms with van der Waals surface area (Å²) >= 11 is 5.94. The molecule has 0 aliphatic carbocycles. The maximum absolute atomic E-state index is 11.8. The number of rotatable bonds is 2. The molecule has 0 fully saturated rings. The lowest BCUT2D eigenvalue weighted by Gasteiger charge is -2.34. The van der Waals surface area contributed by atoms with Gasteiger partial charge in [-0.2, -0.15) is 0 Å². The predicted molar refractivity (Wildman–Crippen MR) is 67.6 cm³/mol. The Morgan fingerprint density at radius 1 is 1.53 bits per heavy atom. The van der Waals surface area contributed by atoms with E-state index in [0.29, 0.717) is 23.0 Å². The number of ether oxygens (including phenoxy) is 1. The number of nitrogens with zero attached hydrogens (tertiary/aromatic N) is 1. The Hall–Kier alpha value is -1.26. The van der Waals surface area contributed by atoms with E-state index in [2.05, 4.69) is 0 Å². The lowest BCUT2D eigenvalue weighted by molar-refractivity contribution is -0.121. The number of carbonyl (C=O) groups is 1. The van der Waals surface area contributed by atoms with Crippen LogP contribution in [0.1, 0.15) is 13.8 Å². The number of halogens is 1. The van der Waals surface area contributed by atoms with Gasteiger partial charge in [0.2, 0.25) is 0 Å². The van der Waals surface area contributed by atoms with Crippen molar-refractivity contribution in [2.75, 3.05) is 18.1 Å². The molecule has 0 saturated heterocycles. The third-order valence-electron chi connectivity index (χ3n) is 2.43. The number of nitrogens with two attached hydrogens (primary N) is 1. The lowest BCUT2D eigenvalue weighted by atomic mass is 10.1. The highest BCUT2D eigenvalue weighted by Crippen LogP contribution is 2.34. The van der Waals surface area contributed by atoms with Crippen LogP contribution in [0.15, 0.2) is 18.2 Å². The molecule has 1 aliphatic heterocycles. The minimum Gasteiger partial charge on any atom is -0.482 e. The van der Waals surface area contributed by atoms with Gasteiger partial charge in [0, 0.05) is 17.1 Å². The number of carbonyl (C=O) groups excluding carboxylic acids is 1. The van der Waals surface area contributed by atoms with Crippen LogP contribution in [0.4, 0.5) is 5.69 Å². The first-order valence-electron chi connectivity index (χ1n) is 5.38. The first-order valence-corrected chi connectivity index (χ1v) is 5.76. The zero-order valence-electron chi connectivity index (χ0n) is 9.87. The van der Waals surface area contributed by atoms with Crippen LogP contribution < -0.4 is 15.4 Å². The Balaban J connectivity index is 2.39. The third kappa shape index (κ3) is 2.70. The number of anilines is 1. The molecular formula is C12H15ClN2O2. The molecule has 0 atom stereocenters. The average molecular weight is 255 g/mol. The number of hydrogen-bond acceptors (Lipinski definition) is 3. The normalized spacial score (nSPS) is 15.5. The summed E-state index contributed by atoms with van der Waals surface area (Å²) in [5.74, 6) is 0.566. The maximum atomic E-state index is 11.8. The molecule has 1 aromatic rings. The van der Waals surface area contributed by atoms with Gasteiger partial charge in [0.25, 0.3) is 5.91 Å². The van der Waals surface area contributed by atoms with Crippen LogP contribution in [-0.2, 0) is 4.79 Å². The molecule has 0 radical (unpaired) electrons. The monoisotopic (exact) mass is 254 g/mol. The minimum absolute atomic E-state index is 0.0463. The molecule has 17 heavy (non-hydrogen) atoms. The molecule has 0 bridgehead atoms. The van der Waals surface area contributed by atoms with Crippen LogP contribution in [0.3, 0.4) is 0 Å².